The van der Waals surface area contributed by atoms with Gasteiger partial charge in [-0.05, 0) is 115 Å². The number of nitrogens with zero attached hydrogens (tertiary/aromatic N) is 1. The van der Waals surface area contributed by atoms with Gasteiger partial charge in [-0.3, -0.25) is 18.6 Å². The molecule has 3 atom stereocenters. The highest BCUT2D eigenvalue weighted by molar-refractivity contribution is 7.47. The lowest BCUT2D eigenvalue weighted by Gasteiger charge is -2.27. The summed E-state index contributed by atoms with van der Waals surface area (Å²) in [6, 6.07) is -0.862. The lowest BCUT2D eigenvalue weighted by atomic mass is 10.0. The van der Waals surface area contributed by atoms with Crippen LogP contribution < -0.4 is 5.32 Å². The van der Waals surface area contributed by atoms with Crippen LogP contribution in [0.4, 0.5) is 0 Å². The summed E-state index contributed by atoms with van der Waals surface area (Å²) in [5, 5.41) is 3.06. The van der Waals surface area contributed by atoms with Gasteiger partial charge in [0, 0.05) is 12.8 Å². The molecule has 85 heavy (non-hydrogen) atoms. The number of phosphoric ester groups is 1. The standard InChI is InChI=1S/C75H135N2O7P/c1-7-10-13-16-19-22-25-27-29-31-33-35-36-37-38-39-40-42-43-45-47-49-52-55-58-61-64-67-74(78)76-72(71-83-85(80,81)82-70-69-77(4,5)6)73(66-63-60-57-54-51-24-21-18-15-12-9-3)84-75(79)68-65-62-59-56-53-50-48-46-44-41-34-32-30-28-26-23-20-17-14-11-8-2/h19-20,22-23,27-30,33-35,41,46,48,63,66,72-73H,7-18,21,24-26,31-32,36-40,42-45,47,49-62,64-65,67-71H2,1-6H3,(H-,76,78,80,81)/p+1/b22-19-,23-20-,29-27-,30-28-,35-33-,41-34-,48-46-,66-63-. The number of carbonyl (C=O) groups excluding carboxylic acids is 2. The first-order valence-electron chi connectivity index (χ1n) is 35.6. The van der Waals surface area contributed by atoms with Crippen LogP contribution in [0.15, 0.2) is 97.2 Å². The third-order valence-electron chi connectivity index (χ3n) is 15.5. The van der Waals surface area contributed by atoms with Gasteiger partial charge in [-0.25, -0.2) is 4.57 Å². The maximum absolute atomic E-state index is 13.6. The molecule has 0 heterocycles. The normalized spacial score (nSPS) is 14.1. The molecule has 9 nitrogen and oxygen atoms in total. The molecule has 0 saturated heterocycles. The molecule has 0 saturated carbocycles. The predicted molar refractivity (Wildman–Crippen MR) is 369 cm³/mol. The molecule has 10 heteroatoms. The summed E-state index contributed by atoms with van der Waals surface area (Å²) in [5.74, 6) is -0.524. The molecule has 0 aliphatic rings. The lowest BCUT2D eigenvalue weighted by molar-refractivity contribution is -0.870. The van der Waals surface area contributed by atoms with Crippen LogP contribution in [-0.2, 0) is 27.9 Å². The van der Waals surface area contributed by atoms with E-state index in [0.717, 1.165) is 103 Å². The molecule has 0 aliphatic heterocycles. The minimum atomic E-state index is -4.46. The highest BCUT2D eigenvalue weighted by Crippen LogP contribution is 2.43. The largest absolute Gasteiger partial charge is 0.472 e. The molecule has 3 unspecified atom stereocenters. The Balaban J connectivity index is 5.04. The van der Waals surface area contributed by atoms with E-state index < -0.39 is 20.0 Å². The number of amides is 1. The Labute approximate surface area is 526 Å². The monoisotopic (exact) mass is 1210 g/mol. The molecule has 0 aromatic carbocycles. The van der Waals surface area contributed by atoms with Gasteiger partial charge in [0.1, 0.15) is 19.3 Å². The second kappa shape index (κ2) is 63.9. The highest BCUT2D eigenvalue weighted by atomic mass is 31.2. The highest BCUT2D eigenvalue weighted by Gasteiger charge is 2.30. The van der Waals surface area contributed by atoms with E-state index in [-0.39, 0.29) is 31.5 Å². The van der Waals surface area contributed by atoms with Gasteiger partial charge in [0.2, 0.25) is 5.91 Å². The molecule has 492 valence electrons. The Morgan fingerprint density at radius 2 is 0.718 bits per heavy atom. The van der Waals surface area contributed by atoms with E-state index in [1.165, 1.54) is 173 Å². The first kappa shape index (κ1) is 81.9. The van der Waals surface area contributed by atoms with Gasteiger partial charge < -0.3 is 19.4 Å². The zero-order chi connectivity index (χ0) is 62.1. The number of phosphoric acid groups is 1. The fraction of sp³-hybridized carbons (Fsp3) is 0.760. The molecule has 0 rings (SSSR count). The van der Waals surface area contributed by atoms with E-state index in [0.29, 0.717) is 23.9 Å². The topological polar surface area (TPSA) is 111 Å². The second-order valence-electron chi connectivity index (χ2n) is 25.0. The summed E-state index contributed by atoms with van der Waals surface area (Å²) in [6.45, 7) is 6.96. The third-order valence-corrected chi connectivity index (χ3v) is 16.5. The number of nitrogens with one attached hydrogen (secondary N) is 1. The molecular formula is C75H136N2O7P+. The van der Waals surface area contributed by atoms with Crippen LogP contribution in [0.25, 0.3) is 0 Å². The summed E-state index contributed by atoms with van der Waals surface area (Å²) in [5.41, 5.74) is 0. The van der Waals surface area contributed by atoms with Crippen molar-refractivity contribution in [3.63, 3.8) is 0 Å². The fourth-order valence-electron chi connectivity index (χ4n) is 9.99. The molecule has 0 spiro atoms. The molecule has 0 aromatic rings. The number of ether oxygens (including phenoxy) is 1. The van der Waals surface area contributed by atoms with E-state index in [2.05, 4.69) is 111 Å². The molecule has 0 radical (unpaired) electrons. The molecular weight excluding hydrogens is 1070 g/mol. The quantitative estimate of drug-likeness (QED) is 0.0205. The zero-order valence-electron chi connectivity index (χ0n) is 56.3. The van der Waals surface area contributed by atoms with Crippen molar-refractivity contribution in [2.75, 3.05) is 40.9 Å². The summed E-state index contributed by atoms with van der Waals surface area (Å²) in [7, 11) is 1.48. The average molecular weight is 1210 g/mol. The van der Waals surface area contributed by atoms with Gasteiger partial charge in [0.05, 0.1) is 33.8 Å². The summed E-state index contributed by atoms with van der Waals surface area (Å²) in [4.78, 5) is 37.9. The van der Waals surface area contributed by atoms with Gasteiger partial charge in [-0.15, -0.1) is 0 Å². The summed E-state index contributed by atoms with van der Waals surface area (Å²) < 4.78 is 30.8. The van der Waals surface area contributed by atoms with E-state index in [4.69, 9.17) is 13.8 Å². The third kappa shape index (κ3) is 65.2. The van der Waals surface area contributed by atoms with Gasteiger partial charge in [0.15, 0.2) is 0 Å². The lowest BCUT2D eigenvalue weighted by Crippen LogP contribution is -2.47. The van der Waals surface area contributed by atoms with E-state index in [1.807, 2.05) is 33.3 Å². The zero-order valence-corrected chi connectivity index (χ0v) is 57.2. The molecule has 2 N–H and O–H groups in total. The van der Waals surface area contributed by atoms with Crippen molar-refractivity contribution in [3.05, 3.63) is 97.2 Å². The number of allylic oxidation sites excluding steroid dienone is 15. The van der Waals surface area contributed by atoms with Crippen molar-refractivity contribution < 1.29 is 37.3 Å². The average Bonchev–Trinajstić information content (AvgIpc) is 3.63. The maximum atomic E-state index is 13.6. The predicted octanol–water partition coefficient (Wildman–Crippen LogP) is 22.7. The van der Waals surface area contributed by atoms with E-state index in [9.17, 15) is 19.0 Å². The summed E-state index contributed by atoms with van der Waals surface area (Å²) in [6.07, 6.45) is 87.0. The van der Waals surface area contributed by atoms with Crippen molar-refractivity contribution in [3.8, 4) is 0 Å². The first-order valence-corrected chi connectivity index (χ1v) is 37.1. The van der Waals surface area contributed by atoms with Gasteiger partial charge in [0.25, 0.3) is 0 Å². The van der Waals surface area contributed by atoms with Crippen LogP contribution in [0.3, 0.4) is 0 Å². The van der Waals surface area contributed by atoms with Gasteiger partial charge in [-0.2, -0.15) is 0 Å². The van der Waals surface area contributed by atoms with Crippen molar-refractivity contribution in [2.45, 2.75) is 328 Å². The number of carbonyl (C=O) groups is 2. The SMILES string of the molecule is CCCCC/C=C\C/C=C\C/C=C\C/C=C\CCCCCCCC(=O)OC(/C=C\CCCCCCCCCCC)C(COP(=O)(O)OCC[N+](C)(C)C)NC(=O)CCCCCCCCCCCCCCCC/C=C\C/C=C\C/C=C\CCCCC. The van der Waals surface area contributed by atoms with E-state index in [1.54, 1.807) is 0 Å². The van der Waals surface area contributed by atoms with Gasteiger partial charge in [-0.1, -0.05) is 285 Å². The Morgan fingerprint density at radius 1 is 0.412 bits per heavy atom. The van der Waals surface area contributed by atoms with Crippen molar-refractivity contribution in [1.29, 1.82) is 0 Å². The van der Waals surface area contributed by atoms with Crippen LogP contribution >= 0.6 is 7.82 Å². The van der Waals surface area contributed by atoms with Crippen molar-refractivity contribution in [2.24, 2.45) is 0 Å². The summed E-state index contributed by atoms with van der Waals surface area (Å²) >= 11 is 0. The van der Waals surface area contributed by atoms with E-state index >= 15 is 0 Å². The number of quaternary nitrogens is 1. The first-order chi connectivity index (χ1) is 41.4. The van der Waals surface area contributed by atoms with Crippen molar-refractivity contribution in [1.82, 2.24) is 5.32 Å². The number of esters is 1. The second-order valence-corrected chi connectivity index (χ2v) is 26.5. The number of hydrogen-bond acceptors (Lipinski definition) is 6. The van der Waals surface area contributed by atoms with Gasteiger partial charge >= 0.3 is 13.8 Å². The number of rotatable bonds is 64. The van der Waals surface area contributed by atoms with Crippen LogP contribution in [0, 0.1) is 0 Å². The van der Waals surface area contributed by atoms with Crippen LogP contribution in [0.1, 0.15) is 316 Å². The molecule has 0 bridgehead atoms. The van der Waals surface area contributed by atoms with Crippen LogP contribution in [-0.4, -0.2) is 74.3 Å². The van der Waals surface area contributed by atoms with Crippen LogP contribution in [0.2, 0.25) is 0 Å². The molecule has 1 amide bonds. The van der Waals surface area contributed by atoms with Crippen molar-refractivity contribution >= 4 is 19.7 Å². The Hall–Kier alpha value is -3.07. The molecule has 0 fully saturated rings. The fourth-order valence-corrected chi connectivity index (χ4v) is 10.7. The Bertz CT molecular complexity index is 1780. The smallest absolute Gasteiger partial charge is 0.456 e. The molecule has 0 aromatic heterocycles. The maximum Gasteiger partial charge on any atom is 0.472 e. The molecule has 0 aliphatic carbocycles. The Kier molecular flexibility index (Phi) is 61.6. The Morgan fingerprint density at radius 3 is 1.09 bits per heavy atom. The minimum absolute atomic E-state index is 0.0335. The minimum Gasteiger partial charge on any atom is -0.456 e. The number of hydrogen-bond donors (Lipinski definition) is 2. The van der Waals surface area contributed by atoms with Crippen LogP contribution in [0.5, 0.6) is 0 Å². The number of likely N-dealkylation sites (N-methyl/N-ethyl adjacent to an activating group) is 1. The number of unbranched alkanes of at least 4 members (excludes halogenated alkanes) is 34.